The van der Waals surface area contributed by atoms with Crippen LogP contribution in [0.1, 0.15) is 34.1 Å². The molecule has 0 aromatic heterocycles. The van der Waals surface area contributed by atoms with Gasteiger partial charge in [0.2, 0.25) is 17.7 Å². The SMILES string of the molecule is CCC(C)C(NC(=O)C(N)CS)C(=O)NC(C)C(=O)NC(C(=O)O)C(C)O. The molecule has 156 valence electrons. The van der Waals surface area contributed by atoms with Crippen LogP contribution in [0.5, 0.6) is 0 Å². The molecule has 0 aromatic rings. The van der Waals surface area contributed by atoms with E-state index in [1.54, 1.807) is 6.92 Å². The molecule has 0 aliphatic rings. The molecule has 0 aliphatic carbocycles. The molecule has 0 fully saturated rings. The van der Waals surface area contributed by atoms with E-state index in [2.05, 4.69) is 28.6 Å². The van der Waals surface area contributed by atoms with E-state index in [9.17, 15) is 24.3 Å². The molecule has 0 heterocycles. The first kappa shape index (κ1) is 25.1. The number of carbonyl (C=O) groups excluding carboxylic acids is 3. The number of amides is 3. The number of rotatable bonds is 11. The summed E-state index contributed by atoms with van der Waals surface area (Å²) < 4.78 is 0. The highest BCUT2D eigenvalue weighted by atomic mass is 32.1. The van der Waals surface area contributed by atoms with Crippen molar-refractivity contribution < 1.29 is 29.4 Å². The fourth-order valence-electron chi connectivity index (χ4n) is 2.08. The molecule has 0 aliphatic heterocycles. The van der Waals surface area contributed by atoms with Crippen LogP contribution in [0.25, 0.3) is 0 Å². The third-order valence-corrected chi connectivity index (χ3v) is 4.52. The van der Waals surface area contributed by atoms with Gasteiger partial charge in [-0.15, -0.1) is 0 Å². The van der Waals surface area contributed by atoms with Crippen molar-refractivity contribution in [2.24, 2.45) is 11.7 Å². The topological polar surface area (TPSA) is 171 Å². The molecule has 11 heteroatoms. The van der Waals surface area contributed by atoms with Crippen LogP contribution in [0.15, 0.2) is 0 Å². The van der Waals surface area contributed by atoms with Crippen molar-refractivity contribution >= 4 is 36.3 Å². The Morgan fingerprint density at radius 2 is 1.48 bits per heavy atom. The van der Waals surface area contributed by atoms with Crippen LogP contribution in [-0.4, -0.2) is 69.9 Å². The van der Waals surface area contributed by atoms with Gasteiger partial charge in [-0.1, -0.05) is 20.3 Å². The summed E-state index contributed by atoms with van der Waals surface area (Å²) in [6, 6.07) is -4.39. The van der Waals surface area contributed by atoms with Crippen LogP contribution in [0, 0.1) is 5.92 Å². The highest BCUT2D eigenvalue weighted by Crippen LogP contribution is 2.09. The molecule has 0 radical (unpaired) electrons. The van der Waals surface area contributed by atoms with Gasteiger partial charge < -0.3 is 31.9 Å². The third-order valence-electron chi connectivity index (χ3n) is 4.12. The molecule has 7 N–H and O–H groups in total. The van der Waals surface area contributed by atoms with Crippen LogP contribution < -0.4 is 21.7 Å². The van der Waals surface area contributed by atoms with Crippen molar-refractivity contribution in [2.45, 2.75) is 64.4 Å². The second-order valence-corrected chi connectivity index (χ2v) is 6.82. The summed E-state index contributed by atoms with van der Waals surface area (Å²) in [4.78, 5) is 47.7. The summed E-state index contributed by atoms with van der Waals surface area (Å²) in [5, 5.41) is 25.5. The van der Waals surface area contributed by atoms with E-state index in [0.29, 0.717) is 6.42 Å². The number of aliphatic hydroxyl groups excluding tert-OH is 1. The molecule has 0 saturated carbocycles. The van der Waals surface area contributed by atoms with Crippen molar-refractivity contribution in [3.63, 3.8) is 0 Å². The summed E-state index contributed by atoms with van der Waals surface area (Å²) in [7, 11) is 0. The fraction of sp³-hybridized carbons (Fsp3) is 0.750. The van der Waals surface area contributed by atoms with E-state index in [4.69, 9.17) is 10.8 Å². The monoisotopic (exact) mass is 406 g/mol. The second-order valence-electron chi connectivity index (χ2n) is 6.46. The number of hydrogen-bond donors (Lipinski definition) is 7. The smallest absolute Gasteiger partial charge is 0.328 e. The summed E-state index contributed by atoms with van der Waals surface area (Å²) in [6.45, 7) is 6.19. The predicted molar refractivity (Wildman–Crippen MR) is 102 cm³/mol. The van der Waals surface area contributed by atoms with Crippen molar-refractivity contribution in [1.82, 2.24) is 16.0 Å². The normalized spacial score (nSPS) is 17.6. The maximum atomic E-state index is 12.5. The Hall–Kier alpha value is -1.85. The number of nitrogens with two attached hydrogens (primary N) is 1. The Labute approximate surface area is 164 Å². The van der Waals surface area contributed by atoms with E-state index in [1.165, 1.54) is 13.8 Å². The third kappa shape index (κ3) is 8.14. The van der Waals surface area contributed by atoms with E-state index >= 15 is 0 Å². The molecule has 0 rings (SSSR count). The van der Waals surface area contributed by atoms with Gasteiger partial charge in [-0.25, -0.2) is 4.79 Å². The van der Waals surface area contributed by atoms with Gasteiger partial charge in [0.1, 0.15) is 12.1 Å². The number of aliphatic hydroxyl groups is 1. The summed E-state index contributed by atoms with van der Waals surface area (Å²) in [5.41, 5.74) is 5.60. The molecular weight excluding hydrogens is 376 g/mol. The average Bonchev–Trinajstić information content (AvgIpc) is 2.61. The van der Waals surface area contributed by atoms with Crippen molar-refractivity contribution in [1.29, 1.82) is 0 Å². The Morgan fingerprint density at radius 1 is 0.963 bits per heavy atom. The highest BCUT2D eigenvalue weighted by Gasteiger charge is 2.31. The minimum absolute atomic E-state index is 0.107. The Bertz CT molecular complexity index is 545. The van der Waals surface area contributed by atoms with Crippen LogP contribution in [0.3, 0.4) is 0 Å². The minimum atomic E-state index is -1.50. The number of aliphatic carboxylic acids is 1. The lowest BCUT2D eigenvalue weighted by Gasteiger charge is -2.27. The van der Waals surface area contributed by atoms with E-state index in [1.807, 2.05) is 6.92 Å². The van der Waals surface area contributed by atoms with Crippen molar-refractivity contribution in [3.8, 4) is 0 Å². The Balaban J connectivity index is 5.06. The number of carboxylic acid groups (broad SMARTS) is 1. The zero-order valence-electron chi connectivity index (χ0n) is 15.9. The van der Waals surface area contributed by atoms with Gasteiger partial charge in [0.15, 0.2) is 6.04 Å². The van der Waals surface area contributed by atoms with Gasteiger partial charge in [0, 0.05) is 5.75 Å². The lowest BCUT2D eigenvalue weighted by Crippen LogP contribution is -2.58. The number of thiol groups is 1. The zero-order chi connectivity index (χ0) is 21.3. The van der Waals surface area contributed by atoms with Crippen LogP contribution >= 0.6 is 12.6 Å². The molecule has 3 amide bonds. The molecule has 27 heavy (non-hydrogen) atoms. The van der Waals surface area contributed by atoms with E-state index < -0.39 is 54.0 Å². The van der Waals surface area contributed by atoms with Gasteiger partial charge in [0.25, 0.3) is 0 Å². The molecule has 6 atom stereocenters. The summed E-state index contributed by atoms with van der Waals surface area (Å²) in [6.07, 6.45) is -0.734. The molecular formula is C16H30N4O6S. The van der Waals surface area contributed by atoms with Gasteiger partial charge in [-0.3, -0.25) is 14.4 Å². The minimum Gasteiger partial charge on any atom is -0.480 e. The largest absolute Gasteiger partial charge is 0.480 e. The molecule has 0 bridgehead atoms. The molecule has 10 nitrogen and oxygen atoms in total. The quantitative estimate of drug-likeness (QED) is 0.199. The number of carboxylic acids is 1. The van der Waals surface area contributed by atoms with Gasteiger partial charge in [-0.05, 0) is 19.8 Å². The molecule has 0 aromatic carbocycles. The van der Waals surface area contributed by atoms with Crippen molar-refractivity contribution in [3.05, 3.63) is 0 Å². The predicted octanol–water partition coefficient (Wildman–Crippen LogP) is -1.77. The maximum absolute atomic E-state index is 12.5. The van der Waals surface area contributed by atoms with Gasteiger partial charge >= 0.3 is 5.97 Å². The lowest BCUT2D eigenvalue weighted by atomic mass is 9.97. The Morgan fingerprint density at radius 3 is 1.89 bits per heavy atom. The van der Waals surface area contributed by atoms with E-state index in [0.717, 1.165) is 0 Å². The number of nitrogens with one attached hydrogen (secondary N) is 3. The van der Waals surface area contributed by atoms with E-state index in [-0.39, 0.29) is 11.7 Å². The van der Waals surface area contributed by atoms with Gasteiger partial charge in [-0.2, -0.15) is 12.6 Å². The molecule has 0 spiro atoms. The van der Waals surface area contributed by atoms with Crippen molar-refractivity contribution in [2.75, 3.05) is 5.75 Å². The first-order valence-electron chi connectivity index (χ1n) is 8.64. The average molecular weight is 407 g/mol. The maximum Gasteiger partial charge on any atom is 0.328 e. The highest BCUT2D eigenvalue weighted by molar-refractivity contribution is 7.80. The number of carbonyl (C=O) groups is 4. The molecule has 6 unspecified atom stereocenters. The first-order valence-corrected chi connectivity index (χ1v) is 9.27. The zero-order valence-corrected chi connectivity index (χ0v) is 16.8. The van der Waals surface area contributed by atoms with Crippen LogP contribution in [-0.2, 0) is 19.2 Å². The number of hydrogen-bond acceptors (Lipinski definition) is 7. The summed E-state index contributed by atoms with van der Waals surface area (Å²) >= 11 is 3.94. The second kappa shape index (κ2) is 11.8. The van der Waals surface area contributed by atoms with Crippen LogP contribution in [0.2, 0.25) is 0 Å². The fourth-order valence-corrected chi connectivity index (χ4v) is 2.25. The first-order chi connectivity index (χ1) is 12.5. The van der Waals surface area contributed by atoms with Gasteiger partial charge in [0.05, 0.1) is 12.1 Å². The standard InChI is InChI=1S/C16H30N4O6S/c1-5-7(2)11(19-14(23)10(17)6-27)15(24)18-8(3)13(22)20-12(9(4)21)16(25)26/h7-12,21,27H,5-6,17H2,1-4H3,(H,18,24)(H,19,23)(H,20,22)(H,25,26). The van der Waals surface area contributed by atoms with Crippen LogP contribution in [0.4, 0.5) is 0 Å². The Kier molecular flexibility index (Phi) is 11.0. The summed E-state index contributed by atoms with van der Waals surface area (Å²) in [5.74, 6) is -3.45. The molecule has 0 saturated heterocycles. The lowest BCUT2D eigenvalue weighted by molar-refractivity contribution is -0.145.